The maximum Gasteiger partial charge on any atom is 0.0921 e. The molecule has 0 aliphatic carbocycles. The Morgan fingerprint density at radius 1 is 1.41 bits per heavy atom. The molecule has 0 bridgehead atoms. The van der Waals surface area contributed by atoms with E-state index < -0.39 is 0 Å². The van der Waals surface area contributed by atoms with Gasteiger partial charge in [0, 0.05) is 25.6 Å². The molecule has 1 heterocycles. The number of ether oxygens (including phenoxy) is 1. The van der Waals surface area contributed by atoms with Gasteiger partial charge in [-0.15, -0.1) is 0 Å². The normalized spacial score (nSPS) is 21.3. The maximum absolute atomic E-state index is 7.40. The summed E-state index contributed by atoms with van der Waals surface area (Å²) in [6.45, 7) is 3.25. The van der Waals surface area contributed by atoms with Crippen LogP contribution in [0.1, 0.15) is 12.0 Å². The fourth-order valence-electron chi connectivity index (χ4n) is 2.16. The topological polar surface area (TPSA) is 62.3 Å². The van der Waals surface area contributed by atoms with Gasteiger partial charge in [-0.05, 0) is 5.56 Å². The van der Waals surface area contributed by atoms with Gasteiger partial charge in [-0.2, -0.15) is 0 Å². The lowest BCUT2D eigenvalue weighted by molar-refractivity contribution is -0.00884. The van der Waals surface area contributed by atoms with E-state index >= 15 is 0 Å². The van der Waals surface area contributed by atoms with Crippen molar-refractivity contribution in [3.63, 3.8) is 0 Å². The third-order valence-corrected chi connectivity index (χ3v) is 3.03. The summed E-state index contributed by atoms with van der Waals surface area (Å²) in [4.78, 5) is 2.35. The third kappa shape index (κ3) is 3.54. The Morgan fingerprint density at radius 3 is 2.88 bits per heavy atom. The predicted molar refractivity (Wildman–Crippen MR) is 68.0 cm³/mol. The van der Waals surface area contributed by atoms with E-state index in [0.29, 0.717) is 13.0 Å². The predicted octanol–water partition coefficient (Wildman–Crippen LogP) is 1.21. The summed E-state index contributed by atoms with van der Waals surface area (Å²) >= 11 is 0. The Labute approximate surface area is 102 Å². The van der Waals surface area contributed by atoms with Gasteiger partial charge in [0.2, 0.25) is 0 Å². The van der Waals surface area contributed by atoms with Gasteiger partial charge in [0.05, 0.1) is 19.0 Å². The Hall–Kier alpha value is -1.39. The van der Waals surface area contributed by atoms with Crippen molar-refractivity contribution in [3.05, 3.63) is 35.9 Å². The number of rotatable bonds is 4. The first-order valence-corrected chi connectivity index (χ1v) is 5.94. The molecule has 1 atom stereocenters. The summed E-state index contributed by atoms with van der Waals surface area (Å²) in [5.74, 6) is 0.235. The SMILES string of the molecule is N=C(N)CC1COCCN1Cc1ccccc1. The van der Waals surface area contributed by atoms with Gasteiger partial charge < -0.3 is 10.5 Å². The van der Waals surface area contributed by atoms with Crippen molar-refractivity contribution < 1.29 is 4.74 Å². The average molecular weight is 233 g/mol. The first-order chi connectivity index (χ1) is 8.25. The highest BCUT2D eigenvalue weighted by Gasteiger charge is 2.23. The van der Waals surface area contributed by atoms with Crippen LogP contribution in [-0.4, -0.2) is 36.5 Å². The van der Waals surface area contributed by atoms with E-state index in [2.05, 4.69) is 29.2 Å². The minimum absolute atomic E-state index is 0.235. The van der Waals surface area contributed by atoms with Crippen molar-refractivity contribution in [2.45, 2.75) is 19.0 Å². The zero-order valence-corrected chi connectivity index (χ0v) is 9.93. The molecule has 1 aromatic rings. The second kappa shape index (κ2) is 5.80. The van der Waals surface area contributed by atoms with Gasteiger partial charge in [-0.3, -0.25) is 10.3 Å². The molecule has 4 nitrogen and oxygen atoms in total. The van der Waals surface area contributed by atoms with E-state index in [1.807, 2.05) is 6.07 Å². The number of amidine groups is 1. The third-order valence-electron chi connectivity index (χ3n) is 3.03. The van der Waals surface area contributed by atoms with Crippen molar-refractivity contribution in [1.29, 1.82) is 5.41 Å². The Morgan fingerprint density at radius 2 is 2.18 bits per heavy atom. The van der Waals surface area contributed by atoms with E-state index in [0.717, 1.165) is 19.7 Å². The van der Waals surface area contributed by atoms with Crippen LogP contribution in [0.15, 0.2) is 30.3 Å². The molecule has 0 amide bonds. The first kappa shape index (κ1) is 12.1. The molecule has 1 unspecified atom stereocenters. The number of nitrogens with one attached hydrogen (secondary N) is 1. The number of hydrogen-bond donors (Lipinski definition) is 2. The van der Waals surface area contributed by atoms with E-state index in [9.17, 15) is 0 Å². The van der Waals surface area contributed by atoms with E-state index in [-0.39, 0.29) is 11.9 Å². The molecule has 1 saturated heterocycles. The van der Waals surface area contributed by atoms with Crippen LogP contribution < -0.4 is 5.73 Å². The smallest absolute Gasteiger partial charge is 0.0921 e. The Bertz CT molecular complexity index is 366. The van der Waals surface area contributed by atoms with Gasteiger partial charge in [-0.1, -0.05) is 30.3 Å². The van der Waals surface area contributed by atoms with Crippen molar-refractivity contribution >= 4 is 5.84 Å². The minimum Gasteiger partial charge on any atom is -0.388 e. The van der Waals surface area contributed by atoms with Crippen LogP contribution in [0, 0.1) is 5.41 Å². The van der Waals surface area contributed by atoms with Crippen LogP contribution in [-0.2, 0) is 11.3 Å². The van der Waals surface area contributed by atoms with Crippen molar-refractivity contribution in [1.82, 2.24) is 4.90 Å². The zero-order valence-electron chi connectivity index (χ0n) is 9.93. The maximum atomic E-state index is 7.40. The highest BCUT2D eigenvalue weighted by Crippen LogP contribution is 2.14. The monoisotopic (exact) mass is 233 g/mol. The highest BCUT2D eigenvalue weighted by molar-refractivity contribution is 5.77. The number of nitrogens with zero attached hydrogens (tertiary/aromatic N) is 1. The molecular formula is C13H19N3O. The lowest BCUT2D eigenvalue weighted by Gasteiger charge is -2.35. The molecule has 1 fully saturated rings. The van der Waals surface area contributed by atoms with Gasteiger partial charge >= 0.3 is 0 Å². The fourth-order valence-corrected chi connectivity index (χ4v) is 2.16. The number of benzene rings is 1. The number of hydrogen-bond acceptors (Lipinski definition) is 3. The van der Waals surface area contributed by atoms with Crippen molar-refractivity contribution in [2.24, 2.45) is 5.73 Å². The average Bonchev–Trinajstić information content (AvgIpc) is 2.32. The summed E-state index contributed by atoms with van der Waals surface area (Å²) in [7, 11) is 0. The molecule has 0 saturated carbocycles. The standard InChI is InChI=1S/C13H19N3O/c14-13(15)8-12-10-17-7-6-16(12)9-11-4-2-1-3-5-11/h1-5,12H,6-10H2,(H3,14,15). The van der Waals surface area contributed by atoms with Crippen molar-refractivity contribution in [2.75, 3.05) is 19.8 Å². The molecular weight excluding hydrogens is 214 g/mol. The van der Waals surface area contributed by atoms with E-state index in [1.54, 1.807) is 0 Å². The molecule has 92 valence electrons. The summed E-state index contributed by atoms with van der Waals surface area (Å²) < 4.78 is 5.46. The van der Waals surface area contributed by atoms with Gasteiger partial charge in [-0.25, -0.2) is 0 Å². The van der Waals surface area contributed by atoms with Gasteiger partial charge in [0.15, 0.2) is 0 Å². The van der Waals surface area contributed by atoms with Crippen LogP contribution in [0.25, 0.3) is 0 Å². The summed E-state index contributed by atoms with van der Waals surface area (Å²) in [5, 5.41) is 7.40. The summed E-state index contributed by atoms with van der Waals surface area (Å²) in [6, 6.07) is 10.6. The Balaban J connectivity index is 1.99. The largest absolute Gasteiger partial charge is 0.388 e. The molecule has 1 aliphatic rings. The fraction of sp³-hybridized carbons (Fsp3) is 0.462. The molecule has 0 radical (unpaired) electrons. The number of morpholine rings is 1. The van der Waals surface area contributed by atoms with Gasteiger partial charge in [0.1, 0.15) is 0 Å². The first-order valence-electron chi connectivity index (χ1n) is 5.94. The summed E-state index contributed by atoms with van der Waals surface area (Å²) in [5.41, 5.74) is 6.77. The molecule has 0 aromatic heterocycles. The summed E-state index contributed by atoms with van der Waals surface area (Å²) in [6.07, 6.45) is 0.590. The zero-order chi connectivity index (χ0) is 12.1. The molecule has 0 spiro atoms. The highest BCUT2D eigenvalue weighted by atomic mass is 16.5. The van der Waals surface area contributed by atoms with Gasteiger partial charge in [0.25, 0.3) is 0 Å². The molecule has 17 heavy (non-hydrogen) atoms. The second-order valence-electron chi connectivity index (χ2n) is 4.41. The molecule has 4 heteroatoms. The van der Waals surface area contributed by atoms with E-state index in [1.165, 1.54) is 5.56 Å². The number of nitrogens with two attached hydrogens (primary N) is 1. The van der Waals surface area contributed by atoms with Crippen molar-refractivity contribution in [3.8, 4) is 0 Å². The Kier molecular flexibility index (Phi) is 4.12. The molecule has 1 aliphatic heterocycles. The van der Waals surface area contributed by atoms with Crippen LogP contribution in [0.2, 0.25) is 0 Å². The van der Waals surface area contributed by atoms with Crippen LogP contribution in [0.4, 0.5) is 0 Å². The van der Waals surface area contributed by atoms with Crippen LogP contribution in [0.3, 0.4) is 0 Å². The second-order valence-corrected chi connectivity index (χ2v) is 4.41. The lowest BCUT2D eigenvalue weighted by Crippen LogP contribution is -2.46. The minimum atomic E-state index is 0.235. The van der Waals surface area contributed by atoms with Crippen LogP contribution in [0.5, 0.6) is 0 Å². The van der Waals surface area contributed by atoms with Crippen LogP contribution >= 0.6 is 0 Å². The molecule has 3 N–H and O–H groups in total. The lowest BCUT2D eigenvalue weighted by atomic mass is 10.1. The quantitative estimate of drug-likeness (QED) is 0.607. The van der Waals surface area contributed by atoms with E-state index in [4.69, 9.17) is 15.9 Å². The molecule has 1 aromatic carbocycles. The molecule has 2 rings (SSSR count).